The number of aromatic hydroxyl groups is 1. The number of sulfone groups is 1. The highest BCUT2D eigenvalue weighted by molar-refractivity contribution is 7.91. The van der Waals surface area contributed by atoms with E-state index >= 15 is 0 Å². The average molecular weight is 436 g/mol. The van der Waals surface area contributed by atoms with Gasteiger partial charge in [0.15, 0.2) is 15.6 Å². The Kier molecular flexibility index (Phi) is 5.66. The second-order valence-corrected chi connectivity index (χ2v) is 9.50. The average Bonchev–Trinajstić information content (AvgIpc) is 2.67. The van der Waals surface area contributed by atoms with Gasteiger partial charge in [-0.25, -0.2) is 8.42 Å². The van der Waals surface area contributed by atoms with E-state index in [4.69, 9.17) is 5.11 Å². The van der Waals surface area contributed by atoms with Crippen molar-refractivity contribution in [1.29, 1.82) is 0 Å². The Bertz CT molecular complexity index is 1300. The number of hydrogen-bond donors (Lipinski definition) is 3. The largest absolute Gasteiger partial charge is 0.505 e. The van der Waals surface area contributed by atoms with E-state index in [-0.39, 0.29) is 10.6 Å². The maximum atomic E-state index is 11.9. The molecule has 0 heterocycles. The monoisotopic (exact) mass is 436 g/mol. The van der Waals surface area contributed by atoms with Gasteiger partial charge in [-0.3, -0.25) is 4.55 Å². The van der Waals surface area contributed by atoms with E-state index in [0.29, 0.717) is 10.8 Å². The van der Waals surface area contributed by atoms with Crippen molar-refractivity contribution in [2.24, 2.45) is 10.2 Å². The summed E-state index contributed by atoms with van der Waals surface area (Å²) < 4.78 is 56.8. The van der Waals surface area contributed by atoms with Crippen molar-refractivity contribution < 1.29 is 31.6 Å². The van der Waals surface area contributed by atoms with Gasteiger partial charge >= 0.3 is 0 Å². The molecule has 0 atom stereocenters. The molecule has 0 aromatic heterocycles. The minimum atomic E-state index is -4.70. The Morgan fingerprint density at radius 1 is 0.897 bits per heavy atom. The molecular weight excluding hydrogens is 420 g/mol. The van der Waals surface area contributed by atoms with Crippen LogP contribution in [0.4, 0.5) is 11.4 Å². The quantitative estimate of drug-likeness (QED) is 0.396. The van der Waals surface area contributed by atoms with Crippen LogP contribution in [0.1, 0.15) is 0 Å². The van der Waals surface area contributed by atoms with Gasteiger partial charge < -0.3 is 10.2 Å². The summed E-state index contributed by atoms with van der Waals surface area (Å²) >= 11 is 0. The highest BCUT2D eigenvalue weighted by Crippen LogP contribution is 2.41. The van der Waals surface area contributed by atoms with Crippen LogP contribution in [-0.4, -0.2) is 44.0 Å². The fourth-order valence-electron chi connectivity index (χ4n) is 2.65. The lowest BCUT2D eigenvalue weighted by atomic mass is 10.1. The van der Waals surface area contributed by atoms with E-state index in [0.717, 1.165) is 0 Å². The van der Waals surface area contributed by atoms with E-state index in [2.05, 4.69) is 10.2 Å². The zero-order valence-corrected chi connectivity index (χ0v) is 16.4. The topological polar surface area (TPSA) is 154 Å². The van der Waals surface area contributed by atoms with Crippen LogP contribution in [0.3, 0.4) is 0 Å². The fourth-order valence-corrected chi connectivity index (χ4v) is 4.34. The molecule has 3 aromatic carbocycles. The summed E-state index contributed by atoms with van der Waals surface area (Å²) in [6, 6.07) is 12.8. The van der Waals surface area contributed by atoms with Gasteiger partial charge in [-0.15, -0.1) is 5.11 Å². The van der Waals surface area contributed by atoms with Gasteiger partial charge in [0.25, 0.3) is 10.1 Å². The molecule has 11 heteroatoms. The van der Waals surface area contributed by atoms with Crippen LogP contribution >= 0.6 is 0 Å². The molecule has 0 unspecified atom stereocenters. The molecule has 9 nitrogen and oxygen atoms in total. The van der Waals surface area contributed by atoms with E-state index in [9.17, 15) is 26.5 Å². The summed E-state index contributed by atoms with van der Waals surface area (Å²) in [6.07, 6.45) is 0. The van der Waals surface area contributed by atoms with Crippen LogP contribution < -0.4 is 0 Å². The third-order valence-corrected chi connectivity index (χ3v) is 6.64. The van der Waals surface area contributed by atoms with Crippen LogP contribution in [0.5, 0.6) is 5.75 Å². The van der Waals surface area contributed by atoms with Crippen molar-refractivity contribution in [2.45, 2.75) is 9.79 Å². The number of nitrogens with zero attached hydrogens (tertiary/aromatic N) is 2. The lowest BCUT2D eigenvalue weighted by Gasteiger charge is -2.08. The first-order chi connectivity index (χ1) is 13.6. The van der Waals surface area contributed by atoms with Gasteiger partial charge in [-0.1, -0.05) is 24.3 Å². The number of aliphatic hydroxyl groups excluding tert-OH is 1. The standard InChI is InChI=1S/C18H16N2O7S2/c21-9-10-28(23,24)14-7-5-13(6-8-14)19-20-17-16(29(25,26)27)11-12-3-1-2-4-15(12)18(17)22/h1-8,11,21-22H,9-10H2,(H,25,26,27)/b20-19+. The number of fused-ring (bicyclic) bond motifs is 1. The zero-order chi connectivity index (χ0) is 21.2. The second kappa shape index (κ2) is 7.87. The molecule has 0 radical (unpaired) electrons. The third kappa shape index (κ3) is 4.43. The molecule has 29 heavy (non-hydrogen) atoms. The van der Waals surface area contributed by atoms with Crippen molar-refractivity contribution in [2.75, 3.05) is 12.4 Å². The lowest BCUT2D eigenvalue weighted by Crippen LogP contribution is -2.09. The predicted octanol–water partition coefficient (Wildman–Crippen LogP) is 2.97. The third-order valence-electron chi connectivity index (χ3n) is 4.06. The molecule has 152 valence electrons. The molecule has 0 aliphatic heterocycles. The van der Waals surface area contributed by atoms with Crippen molar-refractivity contribution in [3.05, 3.63) is 54.6 Å². The maximum absolute atomic E-state index is 11.9. The van der Waals surface area contributed by atoms with Gasteiger partial charge in [0, 0.05) is 5.39 Å². The van der Waals surface area contributed by atoms with Crippen molar-refractivity contribution in [3.63, 3.8) is 0 Å². The fraction of sp³-hybridized carbons (Fsp3) is 0.111. The molecule has 0 spiro atoms. The summed E-state index contributed by atoms with van der Waals surface area (Å²) in [4.78, 5) is -0.628. The minimum Gasteiger partial charge on any atom is -0.505 e. The number of benzene rings is 3. The van der Waals surface area contributed by atoms with Gasteiger partial charge in [-0.2, -0.15) is 13.5 Å². The van der Waals surface area contributed by atoms with Crippen molar-refractivity contribution >= 4 is 42.1 Å². The molecule has 0 amide bonds. The van der Waals surface area contributed by atoms with Crippen LogP contribution in [-0.2, 0) is 20.0 Å². The zero-order valence-electron chi connectivity index (χ0n) is 14.8. The first-order valence-electron chi connectivity index (χ1n) is 8.21. The van der Waals surface area contributed by atoms with Crippen LogP contribution in [0.15, 0.2) is 74.6 Å². The molecule has 3 rings (SSSR count). The number of phenolic OH excluding ortho intramolecular Hbond substituents is 1. The molecule has 3 aromatic rings. The second-order valence-electron chi connectivity index (χ2n) is 6.00. The highest BCUT2D eigenvalue weighted by Gasteiger charge is 2.21. The van der Waals surface area contributed by atoms with E-state index in [1.807, 2.05) is 0 Å². The predicted molar refractivity (Wildman–Crippen MR) is 105 cm³/mol. The molecule has 0 aliphatic carbocycles. The Balaban J connectivity index is 2.06. The Labute approximate surface area is 166 Å². The number of hydrogen-bond acceptors (Lipinski definition) is 8. The maximum Gasteiger partial charge on any atom is 0.296 e. The SMILES string of the molecule is O=S(=O)(O)c1cc2ccccc2c(O)c1/N=N/c1ccc(S(=O)(=O)CCO)cc1. The molecule has 0 bridgehead atoms. The Hall–Kier alpha value is -2.86. The van der Waals surface area contributed by atoms with Crippen molar-refractivity contribution in [1.82, 2.24) is 0 Å². The van der Waals surface area contributed by atoms with Crippen LogP contribution in [0, 0.1) is 0 Å². The number of azo groups is 1. The van der Waals surface area contributed by atoms with Gasteiger partial charge in [-0.05, 0) is 35.7 Å². The summed E-state index contributed by atoms with van der Waals surface area (Å²) in [7, 11) is -8.33. The van der Waals surface area contributed by atoms with Crippen LogP contribution in [0.25, 0.3) is 10.8 Å². The Morgan fingerprint density at radius 3 is 2.17 bits per heavy atom. The minimum absolute atomic E-state index is 0.0160. The number of rotatable bonds is 6. The van der Waals surface area contributed by atoms with Gasteiger partial charge in [0.05, 0.1) is 22.9 Å². The lowest BCUT2D eigenvalue weighted by molar-refractivity contribution is 0.319. The molecule has 0 aliphatic rings. The summed E-state index contributed by atoms with van der Waals surface area (Å²) in [5.74, 6) is -0.891. The van der Waals surface area contributed by atoms with Crippen molar-refractivity contribution in [3.8, 4) is 5.75 Å². The molecular formula is C18H16N2O7S2. The normalized spacial score (nSPS) is 12.6. The summed E-state index contributed by atoms with van der Waals surface area (Å²) in [6.45, 7) is -0.510. The number of aliphatic hydroxyl groups is 1. The highest BCUT2D eigenvalue weighted by atomic mass is 32.2. The molecule has 0 fully saturated rings. The molecule has 0 saturated carbocycles. The summed E-state index contributed by atoms with van der Waals surface area (Å²) in [5, 5.41) is 27.6. The van der Waals surface area contributed by atoms with Gasteiger partial charge in [0.1, 0.15) is 10.6 Å². The number of phenols is 1. The molecule has 0 saturated heterocycles. The first-order valence-corrected chi connectivity index (χ1v) is 11.3. The molecule has 3 N–H and O–H groups in total. The smallest absolute Gasteiger partial charge is 0.296 e. The summed E-state index contributed by atoms with van der Waals surface area (Å²) in [5.41, 5.74) is -0.259. The van der Waals surface area contributed by atoms with Gasteiger partial charge in [0.2, 0.25) is 0 Å². The first kappa shape index (κ1) is 20.9. The van der Waals surface area contributed by atoms with Crippen LogP contribution in [0.2, 0.25) is 0 Å². The van der Waals surface area contributed by atoms with E-state index in [1.54, 1.807) is 24.3 Å². The van der Waals surface area contributed by atoms with E-state index < -0.39 is 48.6 Å². The van der Waals surface area contributed by atoms with E-state index in [1.165, 1.54) is 30.3 Å². The Morgan fingerprint density at radius 2 is 1.55 bits per heavy atom.